The second-order valence-electron chi connectivity index (χ2n) is 6.56. The standard InChI is InChI=1S/C16H26N2O/c1-6-19-13-9-11(7-8-12(13)17)18-10-14-15(2,3)16(14,4)5/h7-9,14,18H,6,10,17H2,1-5H3. The molecule has 0 radical (unpaired) electrons. The van der Waals surface area contributed by atoms with Gasteiger partial charge in [-0.15, -0.1) is 0 Å². The predicted molar refractivity (Wildman–Crippen MR) is 81.6 cm³/mol. The first-order valence-electron chi connectivity index (χ1n) is 7.07. The smallest absolute Gasteiger partial charge is 0.144 e. The quantitative estimate of drug-likeness (QED) is 0.794. The second-order valence-corrected chi connectivity index (χ2v) is 6.56. The van der Waals surface area contributed by atoms with Crippen molar-refractivity contribution in [2.24, 2.45) is 16.7 Å². The number of nitrogen functional groups attached to an aromatic ring is 1. The van der Waals surface area contributed by atoms with E-state index in [2.05, 4.69) is 33.0 Å². The molecule has 0 heterocycles. The Morgan fingerprint density at radius 2 is 1.84 bits per heavy atom. The van der Waals surface area contributed by atoms with Gasteiger partial charge in [0.05, 0.1) is 12.3 Å². The highest BCUT2D eigenvalue weighted by molar-refractivity contribution is 5.61. The first kappa shape index (κ1) is 14.0. The van der Waals surface area contributed by atoms with Gasteiger partial charge in [-0.2, -0.15) is 0 Å². The third-order valence-corrected chi connectivity index (χ3v) is 5.14. The fraction of sp³-hybridized carbons (Fsp3) is 0.625. The van der Waals surface area contributed by atoms with Gasteiger partial charge in [-0.3, -0.25) is 0 Å². The summed E-state index contributed by atoms with van der Waals surface area (Å²) in [5.74, 6) is 1.47. The third kappa shape index (κ3) is 2.38. The Bertz CT molecular complexity index is 452. The van der Waals surface area contributed by atoms with Crippen LogP contribution in [0.1, 0.15) is 34.6 Å². The van der Waals surface area contributed by atoms with Gasteiger partial charge in [0.25, 0.3) is 0 Å². The zero-order valence-corrected chi connectivity index (χ0v) is 12.7. The maximum absolute atomic E-state index is 5.88. The van der Waals surface area contributed by atoms with Crippen LogP contribution < -0.4 is 15.8 Å². The van der Waals surface area contributed by atoms with E-state index in [1.54, 1.807) is 0 Å². The molecule has 1 fully saturated rings. The van der Waals surface area contributed by atoms with Crippen LogP contribution in [-0.4, -0.2) is 13.2 Å². The summed E-state index contributed by atoms with van der Waals surface area (Å²) in [5.41, 5.74) is 8.48. The van der Waals surface area contributed by atoms with Crippen molar-refractivity contribution in [3.05, 3.63) is 18.2 Å². The van der Waals surface area contributed by atoms with Crippen molar-refractivity contribution < 1.29 is 4.74 Å². The van der Waals surface area contributed by atoms with Gasteiger partial charge in [0.2, 0.25) is 0 Å². The molecule has 0 unspecified atom stereocenters. The normalized spacial score (nSPS) is 20.1. The molecule has 3 heteroatoms. The fourth-order valence-electron chi connectivity index (χ4n) is 2.99. The molecule has 1 saturated carbocycles. The Hall–Kier alpha value is -1.38. The van der Waals surface area contributed by atoms with E-state index < -0.39 is 0 Å². The molecule has 1 aromatic carbocycles. The molecule has 2 rings (SSSR count). The summed E-state index contributed by atoms with van der Waals surface area (Å²) in [4.78, 5) is 0. The number of hydrogen-bond donors (Lipinski definition) is 2. The predicted octanol–water partition coefficient (Wildman–Crippen LogP) is 3.76. The van der Waals surface area contributed by atoms with Crippen molar-refractivity contribution in [1.29, 1.82) is 0 Å². The van der Waals surface area contributed by atoms with Crippen molar-refractivity contribution in [3.63, 3.8) is 0 Å². The lowest BCUT2D eigenvalue weighted by molar-refractivity contribution is 0.342. The molecule has 1 aliphatic rings. The van der Waals surface area contributed by atoms with E-state index in [1.165, 1.54) is 0 Å². The Balaban J connectivity index is 2.00. The summed E-state index contributed by atoms with van der Waals surface area (Å²) >= 11 is 0. The van der Waals surface area contributed by atoms with E-state index in [-0.39, 0.29) is 0 Å². The van der Waals surface area contributed by atoms with Gasteiger partial charge in [0, 0.05) is 18.3 Å². The molecular weight excluding hydrogens is 236 g/mol. The minimum atomic E-state index is 0.413. The molecule has 0 aromatic heterocycles. The molecular formula is C16H26N2O. The third-order valence-electron chi connectivity index (χ3n) is 5.14. The number of nitrogens with two attached hydrogens (primary N) is 1. The van der Waals surface area contributed by atoms with Crippen molar-refractivity contribution in [3.8, 4) is 5.75 Å². The summed E-state index contributed by atoms with van der Waals surface area (Å²) in [6, 6.07) is 5.90. The van der Waals surface area contributed by atoms with Crippen LogP contribution in [-0.2, 0) is 0 Å². The number of nitrogens with one attached hydrogen (secondary N) is 1. The lowest BCUT2D eigenvalue weighted by Crippen LogP contribution is -2.08. The highest BCUT2D eigenvalue weighted by atomic mass is 16.5. The van der Waals surface area contributed by atoms with E-state index in [9.17, 15) is 0 Å². The maximum atomic E-state index is 5.88. The topological polar surface area (TPSA) is 47.3 Å². The van der Waals surface area contributed by atoms with Crippen LogP contribution in [0.15, 0.2) is 18.2 Å². The highest BCUT2D eigenvalue weighted by Gasteiger charge is 2.63. The molecule has 3 N–H and O–H groups in total. The zero-order chi connectivity index (χ0) is 14.3. The Morgan fingerprint density at radius 1 is 1.21 bits per heavy atom. The summed E-state index contributed by atoms with van der Waals surface area (Å²) in [7, 11) is 0. The highest BCUT2D eigenvalue weighted by Crippen LogP contribution is 2.68. The van der Waals surface area contributed by atoms with Crippen LogP contribution >= 0.6 is 0 Å². The molecule has 3 nitrogen and oxygen atoms in total. The summed E-state index contributed by atoms with van der Waals surface area (Å²) < 4.78 is 5.52. The van der Waals surface area contributed by atoms with E-state index in [1.807, 2.05) is 25.1 Å². The second kappa shape index (κ2) is 4.62. The van der Waals surface area contributed by atoms with Gasteiger partial charge < -0.3 is 15.8 Å². The number of benzene rings is 1. The molecule has 106 valence electrons. The Kier molecular flexibility index (Phi) is 3.41. The molecule has 0 aliphatic heterocycles. The van der Waals surface area contributed by atoms with E-state index >= 15 is 0 Å². The number of anilines is 2. The van der Waals surface area contributed by atoms with Gasteiger partial charge >= 0.3 is 0 Å². The zero-order valence-electron chi connectivity index (χ0n) is 12.7. The van der Waals surface area contributed by atoms with Crippen molar-refractivity contribution in [1.82, 2.24) is 0 Å². The van der Waals surface area contributed by atoms with Gasteiger partial charge in [0.1, 0.15) is 5.75 Å². The van der Waals surface area contributed by atoms with Crippen molar-refractivity contribution in [2.75, 3.05) is 24.2 Å². The molecule has 19 heavy (non-hydrogen) atoms. The lowest BCUT2D eigenvalue weighted by atomic mass is 10.0. The summed E-state index contributed by atoms with van der Waals surface area (Å²) in [6.07, 6.45) is 0. The van der Waals surface area contributed by atoms with Crippen molar-refractivity contribution >= 4 is 11.4 Å². The Morgan fingerprint density at radius 3 is 2.37 bits per heavy atom. The monoisotopic (exact) mass is 262 g/mol. The van der Waals surface area contributed by atoms with Crippen LogP contribution in [0.4, 0.5) is 11.4 Å². The molecule has 0 saturated heterocycles. The van der Waals surface area contributed by atoms with Crippen LogP contribution in [0.5, 0.6) is 5.75 Å². The molecule has 1 aliphatic carbocycles. The minimum absolute atomic E-state index is 0.413. The van der Waals surface area contributed by atoms with E-state index in [0.29, 0.717) is 29.0 Å². The maximum Gasteiger partial charge on any atom is 0.144 e. The van der Waals surface area contributed by atoms with Gasteiger partial charge in [0.15, 0.2) is 0 Å². The molecule has 0 spiro atoms. The van der Waals surface area contributed by atoms with Gasteiger partial charge in [-0.1, -0.05) is 27.7 Å². The molecule has 1 aromatic rings. The fourth-order valence-corrected chi connectivity index (χ4v) is 2.99. The van der Waals surface area contributed by atoms with Crippen LogP contribution in [0.25, 0.3) is 0 Å². The van der Waals surface area contributed by atoms with E-state index in [4.69, 9.17) is 10.5 Å². The van der Waals surface area contributed by atoms with Crippen LogP contribution in [0.2, 0.25) is 0 Å². The van der Waals surface area contributed by atoms with Crippen molar-refractivity contribution in [2.45, 2.75) is 34.6 Å². The number of ether oxygens (including phenoxy) is 1. The van der Waals surface area contributed by atoms with E-state index in [0.717, 1.165) is 18.0 Å². The average molecular weight is 262 g/mol. The molecule has 0 atom stereocenters. The number of rotatable bonds is 5. The van der Waals surface area contributed by atoms with Gasteiger partial charge in [-0.25, -0.2) is 0 Å². The first-order valence-corrected chi connectivity index (χ1v) is 7.07. The minimum Gasteiger partial charge on any atom is -0.492 e. The molecule has 0 bridgehead atoms. The lowest BCUT2D eigenvalue weighted by Gasteiger charge is -2.11. The largest absolute Gasteiger partial charge is 0.492 e. The summed E-state index contributed by atoms with van der Waals surface area (Å²) in [6.45, 7) is 13.0. The number of hydrogen-bond acceptors (Lipinski definition) is 3. The van der Waals surface area contributed by atoms with Crippen LogP contribution in [0, 0.1) is 16.7 Å². The Labute approximate surface area is 116 Å². The SMILES string of the molecule is CCOc1cc(NCC2C(C)(C)C2(C)C)ccc1N. The molecule has 0 amide bonds. The average Bonchev–Trinajstić information content (AvgIpc) is 2.71. The van der Waals surface area contributed by atoms with Crippen LogP contribution in [0.3, 0.4) is 0 Å². The summed E-state index contributed by atoms with van der Waals surface area (Å²) in [5, 5.41) is 3.51. The van der Waals surface area contributed by atoms with Gasteiger partial charge in [-0.05, 0) is 35.8 Å². The first-order chi connectivity index (χ1) is 8.80.